The topological polar surface area (TPSA) is 79.5 Å². The Morgan fingerprint density at radius 2 is 1.77 bits per heavy atom. The highest BCUT2D eigenvalue weighted by Gasteiger charge is 2.38. The van der Waals surface area contributed by atoms with Crippen LogP contribution in [-0.2, 0) is 11.3 Å². The van der Waals surface area contributed by atoms with Crippen molar-refractivity contribution in [3.05, 3.63) is 71.4 Å². The minimum absolute atomic E-state index is 0.137. The number of nitrogens with zero attached hydrogens (tertiary/aromatic N) is 2. The fourth-order valence-corrected chi connectivity index (χ4v) is 3.21. The molecule has 10 heteroatoms. The second-order valence-electron chi connectivity index (χ2n) is 6.61. The molecular weight excluding hydrogens is 409 g/mol. The first kappa shape index (κ1) is 21.4. The molecule has 30 heavy (non-hydrogen) atoms. The van der Waals surface area contributed by atoms with E-state index in [1.54, 1.807) is 12.3 Å². The van der Waals surface area contributed by atoms with Crippen molar-refractivity contribution in [2.45, 2.75) is 18.8 Å². The number of anilines is 1. The van der Waals surface area contributed by atoms with Crippen LogP contribution in [0.4, 0.5) is 27.8 Å². The molecule has 4 rings (SSSR count). The molecule has 158 valence electrons. The smallest absolute Gasteiger partial charge is 0.475 e. The van der Waals surface area contributed by atoms with E-state index >= 15 is 0 Å². The number of rotatable bonds is 1. The van der Waals surface area contributed by atoms with Crippen molar-refractivity contribution in [2.24, 2.45) is 5.73 Å². The largest absolute Gasteiger partial charge is 0.490 e. The first-order valence-corrected chi connectivity index (χ1v) is 8.70. The number of fused-ring (bicyclic) bond motifs is 2. The summed E-state index contributed by atoms with van der Waals surface area (Å²) in [6.45, 7) is 1.23. The van der Waals surface area contributed by atoms with Gasteiger partial charge >= 0.3 is 12.1 Å². The van der Waals surface area contributed by atoms with Crippen molar-refractivity contribution in [2.75, 3.05) is 11.4 Å². The number of alkyl halides is 3. The highest BCUT2D eigenvalue weighted by atomic mass is 19.4. The van der Waals surface area contributed by atoms with Crippen LogP contribution in [0.25, 0.3) is 10.8 Å². The highest BCUT2D eigenvalue weighted by molar-refractivity contribution is 5.92. The molecule has 3 N–H and O–H groups in total. The van der Waals surface area contributed by atoms with Gasteiger partial charge in [0.15, 0.2) is 11.6 Å². The molecule has 1 aliphatic heterocycles. The molecule has 1 aliphatic rings. The average Bonchev–Trinajstić information content (AvgIpc) is 2.68. The predicted octanol–water partition coefficient (Wildman–Crippen LogP) is 4.17. The lowest BCUT2D eigenvalue weighted by Gasteiger charge is -2.34. The number of hydrogen-bond acceptors (Lipinski definition) is 4. The number of halogens is 5. The van der Waals surface area contributed by atoms with Gasteiger partial charge in [-0.25, -0.2) is 18.6 Å². The summed E-state index contributed by atoms with van der Waals surface area (Å²) in [6, 6.07) is 12.0. The van der Waals surface area contributed by atoms with Gasteiger partial charge in [-0.3, -0.25) is 0 Å². The molecule has 2 aromatic carbocycles. The molecule has 0 spiro atoms. The summed E-state index contributed by atoms with van der Waals surface area (Å²) >= 11 is 0. The van der Waals surface area contributed by atoms with Crippen LogP contribution in [0.1, 0.15) is 17.2 Å². The van der Waals surface area contributed by atoms with E-state index in [-0.39, 0.29) is 6.04 Å². The van der Waals surface area contributed by atoms with Crippen LogP contribution in [0.3, 0.4) is 0 Å². The molecule has 2 heterocycles. The number of nitrogens with two attached hydrogens (primary N) is 1. The molecule has 0 saturated heterocycles. The molecular formula is C20H16F5N3O2. The SMILES string of the molecule is NC1CN(c2nccc3cc(F)c(F)cc23)Cc2ccccc21.O=C(O)C(F)(F)F. The third-order valence-corrected chi connectivity index (χ3v) is 4.56. The van der Waals surface area contributed by atoms with Crippen LogP contribution in [0.15, 0.2) is 48.7 Å². The van der Waals surface area contributed by atoms with E-state index < -0.39 is 23.8 Å². The number of aromatic nitrogens is 1. The predicted molar refractivity (Wildman–Crippen MR) is 99.8 cm³/mol. The molecule has 1 unspecified atom stereocenters. The summed E-state index contributed by atoms with van der Waals surface area (Å²) in [4.78, 5) is 15.3. The van der Waals surface area contributed by atoms with Gasteiger partial charge in [-0.05, 0) is 34.7 Å². The zero-order valence-electron chi connectivity index (χ0n) is 15.3. The van der Waals surface area contributed by atoms with Crippen molar-refractivity contribution in [1.29, 1.82) is 0 Å². The number of pyridine rings is 1. The van der Waals surface area contributed by atoms with Crippen molar-refractivity contribution in [1.82, 2.24) is 4.98 Å². The number of carboxylic acid groups (broad SMARTS) is 1. The van der Waals surface area contributed by atoms with E-state index in [2.05, 4.69) is 4.98 Å². The Morgan fingerprint density at radius 3 is 2.43 bits per heavy atom. The third-order valence-electron chi connectivity index (χ3n) is 4.56. The molecule has 1 atom stereocenters. The van der Waals surface area contributed by atoms with Crippen LogP contribution in [-0.4, -0.2) is 28.8 Å². The van der Waals surface area contributed by atoms with Gasteiger partial charge in [0.1, 0.15) is 5.82 Å². The Balaban J connectivity index is 0.000000318. The molecule has 3 aromatic rings. The molecule has 0 aliphatic carbocycles. The van der Waals surface area contributed by atoms with E-state index in [9.17, 15) is 22.0 Å². The van der Waals surface area contributed by atoms with E-state index in [0.717, 1.165) is 11.1 Å². The van der Waals surface area contributed by atoms with Gasteiger partial charge in [0.05, 0.1) is 0 Å². The van der Waals surface area contributed by atoms with E-state index in [0.29, 0.717) is 29.7 Å². The fraction of sp³-hybridized carbons (Fsp3) is 0.200. The quantitative estimate of drug-likeness (QED) is 0.573. The summed E-state index contributed by atoms with van der Waals surface area (Å²) in [5.41, 5.74) is 8.53. The first-order valence-electron chi connectivity index (χ1n) is 8.70. The minimum Gasteiger partial charge on any atom is -0.475 e. The van der Waals surface area contributed by atoms with Crippen LogP contribution >= 0.6 is 0 Å². The summed E-state index contributed by atoms with van der Waals surface area (Å²) in [5.74, 6) is -3.84. The van der Waals surface area contributed by atoms with Gasteiger partial charge < -0.3 is 15.7 Å². The zero-order chi connectivity index (χ0) is 22.1. The molecule has 5 nitrogen and oxygen atoms in total. The highest BCUT2D eigenvalue weighted by Crippen LogP contribution is 2.32. The van der Waals surface area contributed by atoms with Gasteiger partial charge in [-0.1, -0.05) is 24.3 Å². The van der Waals surface area contributed by atoms with Gasteiger partial charge in [-0.15, -0.1) is 0 Å². The van der Waals surface area contributed by atoms with Crippen LogP contribution < -0.4 is 10.6 Å². The van der Waals surface area contributed by atoms with Crippen LogP contribution in [0, 0.1) is 11.6 Å². The fourth-order valence-electron chi connectivity index (χ4n) is 3.21. The first-order chi connectivity index (χ1) is 14.1. The maximum Gasteiger partial charge on any atom is 0.490 e. The third kappa shape index (κ3) is 4.48. The van der Waals surface area contributed by atoms with Crippen molar-refractivity contribution >= 4 is 22.6 Å². The standard InChI is InChI=1S/C18H15F2N3.C2HF3O2/c19-15-7-11-5-6-22-18(14(11)8-16(15)20)23-9-12-3-1-2-4-13(12)17(21)10-23;3-2(4,5)1(6)7/h1-8,17H,9-10,21H2;(H,6,7). The van der Waals surface area contributed by atoms with Gasteiger partial charge in [0, 0.05) is 30.7 Å². The van der Waals surface area contributed by atoms with Crippen LogP contribution in [0.2, 0.25) is 0 Å². The molecule has 0 fully saturated rings. The Bertz CT molecular complexity index is 1090. The Hall–Kier alpha value is -3.27. The monoisotopic (exact) mass is 425 g/mol. The summed E-state index contributed by atoms with van der Waals surface area (Å²) in [7, 11) is 0. The average molecular weight is 425 g/mol. The maximum absolute atomic E-state index is 13.7. The Morgan fingerprint density at radius 1 is 1.13 bits per heavy atom. The number of aliphatic carboxylic acids is 1. The maximum atomic E-state index is 13.7. The summed E-state index contributed by atoms with van der Waals surface area (Å²) in [5, 5.41) is 8.35. The van der Waals surface area contributed by atoms with Crippen molar-refractivity contribution in [3.63, 3.8) is 0 Å². The van der Waals surface area contributed by atoms with Crippen molar-refractivity contribution in [3.8, 4) is 0 Å². The normalized spacial score (nSPS) is 15.9. The second-order valence-corrected chi connectivity index (χ2v) is 6.61. The molecule has 0 radical (unpaired) electrons. The molecule has 0 saturated carbocycles. The van der Waals surface area contributed by atoms with E-state index in [1.165, 1.54) is 12.1 Å². The number of carboxylic acids is 1. The molecule has 1 aromatic heterocycles. The van der Waals surface area contributed by atoms with Crippen LogP contribution in [0.5, 0.6) is 0 Å². The minimum atomic E-state index is -5.08. The lowest BCUT2D eigenvalue weighted by atomic mass is 9.96. The van der Waals surface area contributed by atoms with E-state index in [4.69, 9.17) is 15.6 Å². The van der Waals surface area contributed by atoms with Crippen molar-refractivity contribution < 1.29 is 31.9 Å². The van der Waals surface area contributed by atoms with E-state index in [1.807, 2.05) is 29.2 Å². The van der Waals surface area contributed by atoms with Gasteiger partial charge in [-0.2, -0.15) is 13.2 Å². The lowest BCUT2D eigenvalue weighted by molar-refractivity contribution is -0.192. The summed E-state index contributed by atoms with van der Waals surface area (Å²) in [6.07, 6.45) is -3.47. The zero-order valence-corrected chi connectivity index (χ0v) is 15.3. The summed E-state index contributed by atoms with van der Waals surface area (Å²) < 4.78 is 58.9. The lowest BCUT2D eigenvalue weighted by Crippen LogP contribution is -2.37. The molecule has 0 amide bonds. The number of hydrogen-bond donors (Lipinski definition) is 2. The second kappa shape index (κ2) is 8.23. The van der Waals surface area contributed by atoms with Gasteiger partial charge in [0.25, 0.3) is 0 Å². The molecule has 0 bridgehead atoms. The number of carbonyl (C=O) groups is 1. The number of benzene rings is 2. The Labute approximate surface area is 167 Å². The Kier molecular flexibility index (Phi) is 5.88. The van der Waals surface area contributed by atoms with Gasteiger partial charge in [0.2, 0.25) is 0 Å².